The maximum Gasteiger partial charge on any atom is 0.390 e. The minimum absolute atomic E-state index is 0.0472. The fraction of sp³-hybridized carbons (Fsp3) is 0.652. The van der Waals surface area contributed by atoms with Crippen LogP contribution in [-0.4, -0.2) is 66.0 Å². The van der Waals surface area contributed by atoms with Crippen molar-refractivity contribution in [2.75, 3.05) is 32.8 Å². The van der Waals surface area contributed by atoms with Gasteiger partial charge in [0, 0.05) is 42.6 Å². The van der Waals surface area contributed by atoms with Gasteiger partial charge >= 0.3 is 6.18 Å². The molecule has 0 radical (unpaired) electrons. The van der Waals surface area contributed by atoms with E-state index in [1.165, 1.54) is 12.8 Å². The van der Waals surface area contributed by atoms with Gasteiger partial charge in [0.2, 0.25) is 0 Å². The number of fused-ring (bicyclic) bond motifs is 1. The van der Waals surface area contributed by atoms with E-state index in [2.05, 4.69) is 28.9 Å². The number of rotatable bonds is 4. The highest BCUT2D eigenvalue weighted by atomic mass is 19.4. The molecule has 1 aromatic carbocycles. The molecule has 3 atom stereocenters. The van der Waals surface area contributed by atoms with Crippen LogP contribution in [0.1, 0.15) is 49.1 Å². The summed E-state index contributed by atoms with van der Waals surface area (Å²) in [6.45, 7) is 2.38. The van der Waals surface area contributed by atoms with E-state index in [0.29, 0.717) is 19.0 Å². The van der Waals surface area contributed by atoms with Crippen molar-refractivity contribution in [1.82, 2.24) is 9.80 Å². The van der Waals surface area contributed by atoms with Crippen LogP contribution in [0.3, 0.4) is 0 Å². The number of hydrogen-bond acceptors (Lipinski definition) is 3. The smallest absolute Gasteiger partial charge is 0.390 e. The fourth-order valence-corrected chi connectivity index (χ4v) is 4.70. The van der Waals surface area contributed by atoms with Gasteiger partial charge in [0.15, 0.2) is 0 Å². The lowest BCUT2D eigenvalue weighted by molar-refractivity contribution is -0.140. The Hall–Kier alpha value is -1.55. The maximum atomic E-state index is 12.7. The molecule has 1 N–H and O–H groups in total. The average Bonchev–Trinajstić information content (AvgIpc) is 3.49. The zero-order valence-electron chi connectivity index (χ0n) is 16.7. The van der Waals surface area contributed by atoms with Crippen molar-refractivity contribution in [2.45, 2.75) is 56.3 Å². The van der Waals surface area contributed by atoms with Crippen LogP contribution in [0, 0.1) is 17.8 Å². The van der Waals surface area contributed by atoms with Crippen LogP contribution in [0.5, 0.6) is 0 Å². The molecule has 0 spiro atoms. The Bertz CT molecular complexity index is 748. The van der Waals surface area contributed by atoms with Crippen LogP contribution in [0.25, 0.3) is 0 Å². The molecule has 2 aliphatic heterocycles. The van der Waals surface area contributed by atoms with Crippen LogP contribution < -0.4 is 0 Å². The topological polar surface area (TPSA) is 26.7 Å². The summed E-state index contributed by atoms with van der Waals surface area (Å²) in [6, 6.07) is 8.44. The first-order valence-electron chi connectivity index (χ1n) is 10.7. The highest BCUT2D eigenvalue weighted by molar-refractivity contribution is 5.39. The Morgan fingerprint density at radius 1 is 1.07 bits per heavy atom. The number of halogens is 3. The largest absolute Gasteiger partial charge is 0.395 e. The van der Waals surface area contributed by atoms with E-state index < -0.39 is 12.6 Å². The third-order valence-electron chi connectivity index (χ3n) is 6.46. The zero-order chi connectivity index (χ0) is 20.4. The summed E-state index contributed by atoms with van der Waals surface area (Å²) in [7, 11) is 0. The second-order valence-corrected chi connectivity index (χ2v) is 8.62. The monoisotopic (exact) mass is 406 g/mol. The molecular weight excluding hydrogens is 377 g/mol. The van der Waals surface area contributed by atoms with Gasteiger partial charge < -0.3 is 10.0 Å². The molecule has 0 unspecified atom stereocenters. The van der Waals surface area contributed by atoms with Crippen molar-refractivity contribution in [3.05, 3.63) is 35.4 Å². The Labute approximate surface area is 170 Å². The summed E-state index contributed by atoms with van der Waals surface area (Å²) in [5.74, 6) is 7.20. The van der Waals surface area contributed by atoms with Gasteiger partial charge in [-0.15, -0.1) is 0 Å². The van der Waals surface area contributed by atoms with Crippen molar-refractivity contribution in [1.29, 1.82) is 0 Å². The zero-order valence-corrected chi connectivity index (χ0v) is 16.7. The summed E-state index contributed by atoms with van der Waals surface area (Å²) in [4.78, 5) is 4.26. The fourth-order valence-electron chi connectivity index (χ4n) is 4.70. The highest BCUT2D eigenvalue weighted by Gasteiger charge is 2.49. The molecule has 0 bridgehead atoms. The highest BCUT2D eigenvalue weighted by Crippen LogP contribution is 2.42. The summed E-state index contributed by atoms with van der Waals surface area (Å²) in [5.41, 5.74) is 2.15. The van der Waals surface area contributed by atoms with Gasteiger partial charge in [-0.25, -0.2) is 0 Å². The SMILES string of the molecule is OC[C@@H]1[C@@H](c2ccc(C#CC3CC3)cc2)[C@@H]2CN(CCC(F)(F)F)CCCCN12. The lowest BCUT2D eigenvalue weighted by Crippen LogP contribution is -2.67. The van der Waals surface area contributed by atoms with Gasteiger partial charge in [-0.05, 0) is 56.5 Å². The molecule has 3 nitrogen and oxygen atoms in total. The van der Waals surface area contributed by atoms with E-state index >= 15 is 0 Å². The van der Waals surface area contributed by atoms with Crippen LogP contribution in [0.4, 0.5) is 13.2 Å². The summed E-state index contributed by atoms with van der Waals surface area (Å²) in [5, 5.41) is 9.98. The molecule has 2 heterocycles. The van der Waals surface area contributed by atoms with E-state index in [0.717, 1.165) is 30.5 Å². The van der Waals surface area contributed by atoms with E-state index in [4.69, 9.17) is 0 Å². The van der Waals surface area contributed by atoms with Crippen LogP contribution in [-0.2, 0) is 0 Å². The van der Waals surface area contributed by atoms with Crippen molar-refractivity contribution in [2.24, 2.45) is 5.92 Å². The molecule has 1 aromatic rings. The van der Waals surface area contributed by atoms with Gasteiger partial charge in [-0.2, -0.15) is 13.2 Å². The first kappa shape index (κ1) is 20.7. The van der Waals surface area contributed by atoms with Crippen LogP contribution >= 0.6 is 0 Å². The predicted octanol–water partition coefficient (Wildman–Crippen LogP) is 3.63. The Morgan fingerprint density at radius 2 is 1.79 bits per heavy atom. The number of alkyl halides is 3. The summed E-state index contributed by atoms with van der Waals surface area (Å²) >= 11 is 0. The van der Waals surface area contributed by atoms with Crippen LogP contribution in [0.2, 0.25) is 0 Å². The van der Waals surface area contributed by atoms with Gasteiger partial charge in [0.1, 0.15) is 0 Å². The third-order valence-corrected chi connectivity index (χ3v) is 6.46. The summed E-state index contributed by atoms with van der Waals surface area (Å²) in [6.07, 6.45) is -0.619. The maximum absolute atomic E-state index is 12.7. The molecular formula is C23H29F3N2O. The molecule has 158 valence electrons. The standard InChI is InChI=1S/C23H29F3N2O/c24-23(25,26)11-14-27-12-1-2-13-28-20(15-27)22(21(28)16-29)19-9-7-18(8-10-19)6-5-17-3-4-17/h7-10,17,20-22,29H,1-4,11-16H2/t20-,21+,22-/m0/s1. The van der Waals surface area contributed by atoms with E-state index in [1.807, 2.05) is 17.0 Å². The van der Waals surface area contributed by atoms with Crippen molar-refractivity contribution >= 4 is 0 Å². The number of benzene rings is 1. The molecule has 1 aliphatic carbocycles. The number of nitrogens with zero attached hydrogens (tertiary/aromatic N) is 2. The first-order valence-corrected chi connectivity index (χ1v) is 10.7. The van der Waals surface area contributed by atoms with E-state index in [-0.39, 0.29) is 31.2 Å². The number of aliphatic hydroxyl groups excluding tert-OH is 1. The molecule has 0 amide bonds. The lowest BCUT2D eigenvalue weighted by atomic mass is 9.74. The van der Waals surface area contributed by atoms with Gasteiger partial charge in [-0.3, -0.25) is 4.90 Å². The van der Waals surface area contributed by atoms with Crippen molar-refractivity contribution < 1.29 is 18.3 Å². The number of aliphatic hydroxyl groups is 1. The molecule has 2 saturated heterocycles. The molecule has 3 fully saturated rings. The summed E-state index contributed by atoms with van der Waals surface area (Å²) < 4.78 is 38.1. The van der Waals surface area contributed by atoms with E-state index in [9.17, 15) is 18.3 Å². The number of hydrogen-bond donors (Lipinski definition) is 1. The first-order chi connectivity index (χ1) is 13.9. The van der Waals surface area contributed by atoms with Gasteiger partial charge in [0.05, 0.1) is 13.0 Å². The second kappa shape index (κ2) is 8.67. The predicted molar refractivity (Wildman–Crippen MR) is 106 cm³/mol. The van der Waals surface area contributed by atoms with Crippen molar-refractivity contribution in [3.8, 4) is 11.8 Å². The third kappa shape index (κ3) is 5.14. The van der Waals surface area contributed by atoms with Crippen molar-refractivity contribution in [3.63, 3.8) is 0 Å². The van der Waals surface area contributed by atoms with Crippen LogP contribution in [0.15, 0.2) is 24.3 Å². The molecule has 4 rings (SSSR count). The quantitative estimate of drug-likeness (QED) is 0.774. The lowest BCUT2D eigenvalue weighted by Gasteiger charge is -2.57. The minimum Gasteiger partial charge on any atom is -0.395 e. The Morgan fingerprint density at radius 3 is 2.45 bits per heavy atom. The molecule has 3 aliphatic rings. The Balaban J connectivity index is 1.47. The molecule has 6 heteroatoms. The second-order valence-electron chi connectivity index (χ2n) is 8.62. The normalized spacial score (nSPS) is 28.5. The average molecular weight is 406 g/mol. The molecule has 29 heavy (non-hydrogen) atoms. The molecule has 0 aromatic heterocycles. The van der Waals surface area contributed by atoms with Gasteiger partial charge in [-0.1, -0.05) is 24.0 Å². The van der Waals surface area contributed by atoms with E-state index in [1.54, 1.807) is 0 Å². The van der Waals surface area contributed by atoms with Gasteiger partial charge in [0.25, 0.3) is 0 Å². The molecule has 1 saturated carbocycles. The Kier molecular flexibility index (Phi) is 6.19. The minimum atomic E-state index is -4.12.